The van der Waals surface area contributed by atoms with Crippen LogP contribution in [-0.2, 0) is 4.79 Å². The Balaban J connectivity index is 1.84. The highest BCUT2D eigenvalue weighted by molar-refractivity contribution is 7.99. The summed E-state index contributed by atoms with van der Waals surface area (Å²) in [6.07, 6.45) is 0.236. The van der Waals surface area contributed by atoms with E-state index in [1.165, 1.54) is 17.8 Å². The number of nitrogens with one attached hydrogen (secondary N) is 1. The number of hydrogen-bond acceptors (Lipinski definition) is 5. The number of carbonyl (C=O) groups excluding carboxylic acids is 1. The molecule has 0 aliphatic heterocycles. The van der Waals surface area contributed by atoms with Gasteiger partial charge in [-0.25, -0.2) is 14.2 Å². The molecule has 1 aromatic heterocycles. The molecular formula is C16H17FN2O3S2. The fourth-order valence-corrected chi connectivity index (χ4v) is 3.79. The van der Waals surface area contributed by atoms with Gasteiger partial charge in [0.25, 0.3) is 0 Å². The zero-order valence-electron chi connectivity index (χ0n) is 13.2. The third kappa shape index (κ3) is 4.78. The van der Waals surface area contributed by atoms with E-state index in [1.807, 2.05) is 0 Å². The normalized spacial score (nSPS) is 12.0. The maximum absolute atomic E-state index is 13.5. The van der Waals surface area contributed by atoms with Crippen LogP contribution >= 0.6 is 23.1 Å². The summed E-state index contributed by atoms with van der Waals surface area (Å²) in [4.78, 5) is 27.9. The van der Waals surface area contributed by atoms with Gasteiger partial charge in [0.05, 0.1) is 11.7 Å². The molecule has 2 aromatic rings. The second-order valence-electron chi connectivity index (χ2n) is 5.09. The van der Waals surface area contributed by atoms with Crippen molar-refractivity contribution in [3.63, 3.8) is 0 Å². The minimum Gasteiger partial charge on any atom is -0.477 e. The number of thiazole rings is 1. The molecule has 1 aromatic carbocycles. The second-order valence-corrected chi connectivity index (χ2v) is 7.26. The van der Waals surface area contributed by atoms with Crippen molar-refractivity contribution in [3.05, 3.63) is 45.7 Å². The minimum absolute atomic E-state index is 0.182. The van der Waals surface area contributed by atoms with E-state index in [2.05, 4.69) is 10.3 Å². The number of aromatic nitrogens is 1. The number of carboxylic acids is 1. The average Bonchev–Trinajstić information content (AvgIpc) is 2.91. The molecule has 8 heteroatoms. The van der Waals surface area contributed by atoms with Gasteiger partial charge >= 0.3 is 5.97 Å². The number of nitrogens with zero attached hydrogens (tertiary/aromatic N) is 1. The molecule has 0 radical (unpaired) electrons. The van der Waals surface area contributed by atoms with E-state index in [-0.39, 0.29) is 29.1 Å². The van der Waals surface area contributed by atoms with Crippen molar-refractivity contribution in [1.29, 1.82) is 0 Å². The van der Waals surface area contributed by atoms with Crippen LogP contribution in [0.25, 0.3) is 0 Å². The molecule has 1 amide bonds. The standard InChI is InChI=1S/C16H17FN2O3S2/c1-9-14(16(21)22)24-15(19-9)10(2)18-13(20)7-8-23-12-6-4-3-5-11(12)17/h3-6,10H,7-8H2,1-2H3,(H,18,20)(H,21,22). The smallest absolute Gasteiger partial charge is 0.347 e. The number of hydrogen-bond donors (Lipinski definition) is 2. The molecule has 1 heterocycles. The summed E-state index contributed by atoms with van der Waals surface area (Å²) in [7, 11) is 0. The van der Waals surface area contributed by atoms with Crippen molar-refractivity contribution in [3.8, 4) is 0 Å². The quantitative estimate of drug-likeness (QED) is 0.729. The fraction of sp³-hybridized carbons (Fsp3) is 0.312. The van der Waals surface area contributed by atoms with E-state index in [0.717, 1.165) is 11.3 Å². The number of rotatable bonds is 7. The SMILES string of the molecule is Cc1nc(C(C)NC(=O)CCSc2ccccc2F)sc1C(=O)O. The minimum atomic E-state index is -1.02. The van der Waals surface area contributed by atoms with Gasteiger partial charge in [-0.15, -0.1) is 23.1 Å². The van der Waals surface area contributed by atoms with Crippen LogP contribution in [0.2, 0.25) is 0 Å². The van der Waals surface area contributed by atoms with Crippen molar-refractivity contribution in [2.45, 2.75) is 31.2 Å². The number of carbonyl (C=O) groups is 2. The zero-order chi connectivity index (χ0) is 17.7. The molecule has 0 spiro atoms. The third-order valence-corrected chi connectivity index (χ3v) is 5.56. The van der Waals surface area contributed by atoms with Gasteiger partial charge in [0.15, 0.2) is 0 Å². The molecule has 5 nitrogen and oxygen atoms in total. The summed E-state index contributed by atoms with van der Waals surface area (Å²) in [5.41, 5.74) is 0.443. The number of amides is 1. The van der Waals surface area contributed by atoms with Gasteiger partial charge in [0.1, 0.15) is 15.7 Å². The van der Waals surface area contributed by atoms with Crippen LogP contribution in [0.3, 0.4) is 0 Å². The lowest BCUT2D eigenvalue weighted by atomic mass is 10.3. The summed E-state index contributed by atoms with van der Waals surface area (Å²) in [6.45, 7) is 3.38. The van der Waals surface area contributed by atoms with Crippen molar-refractivity contribution < 1.29 is 19.1 Å². The molecule has 2 rings (SSSR count). The van der Waals surface area contributed by atoms with Crippen LogP contribution in [-0.4, -0.2) is 27.7 Å². The van der Waals surface area contributed by atoms with Crippen molar-refractivity contribution in [1.82, 2.24) is 10.3 Å². The van der Waals surface area contributed by atoms with Gasteiger partial charge in [-0.2, -0.15) is 0 Å². The Labute approximate surface area is 147 Å². The Bertz CT molecular complexity index is 749. The maximum atomic E-state index is 13.5. The van der Waals surface area contributed by atoms with Crippen molar-refractivity contribution in [2.75, 3.05) is 5.75 Å². The molecule has 0 saturated carbocycles. The fourth-order valence-electron chi connectivity index (χ4n) is 1.99. The first kappa shape index (κ1) is 18.4. The maximum Gasteiger partial charge on any atom is 0.347 e. The van der Waals surface area contributed by atoms with Crippen LogP contribution in [0.1, 0.15) is 39.8 Å². The van der Waals surface area contributed by atoms with Gasteiger partial charge in [-0.05, 0) is 26.0 Å². The molecule has 0 bridgehead atoms. The average molecular weight is 368 g/mol. The number of aryl methyl sites for hydroxylation is 1. The first-order valence-electron chi connectivity index (χ1n) is 7.25. The number of carboxylic acid groups (broad SMARTS) is 1. The monoisotopic (exact) mass is 368 g/mol. The Morgan fingerprint density at radius 2 is 2.12 bits per heavy atom. The molecule has 1 atom stereocenters. The summed E-state index contributed by atoms with van der Waals surface area (Å²) in [5.74, 6) is -1.04. The van der Waals surface area contributed by atoms with Gasteiger partial charge in [0, 0.05) is 17.1 Å². The van der Waals surface area contributed by atoms with Gasteiger partial charge in [0.2, 0.25) is 5.91 Å². The van der Waals surface area contributed by atoms with E-state index in [0.29, 0.717) is 21.3 Å². The highest BCUT2D eigenvalue weighted by Gasteiger charge is 2.19. The Kier molecular flexibility index (Phi) is 6.33. The first-order chi connectivity index (χ1) is 11.4. The number of aromatic carboxylic acids is 1. The summed E-state index contributed by atoms with van der Waals surface area (Å²) < 4.78 is 13.5. The van der Waals surface area contributed by atoms with E-state index in [4.69, 9.17) is 5.11 Å². The predicted octanol–water partition coefficient (Wildman–Crippen LogP) is 3.65. The summed E-state index contributed by atoms with van der Waals surface area (Å²) in [5, 5.41) is 12.4. The first-order valence-corrected chi connectivity index (χ1v) is 9.06. The van der Waals surface area contributed by atoms with E-state index >= 15 is 0 Å². The second kappa shape index (κ2) is 8.25. The van der Waals surface area contributed by atoms with E-state index in [1.54, 1.807) is 32.0 Å². The molecule has 1 unspecified atom stereocenters. The lowest BCUT2D eigenvalue weighted by Crippen LogP contribution is -2.26. The van der Waals surface area contributed by atoms with Gasteiger partial charge < -0.3 is 10.4 Å². The topological polar surface area (TPSA) is 79.3 Å². The lowest BCUT2D eigenvalue weighted by molar-refractivity contribution is -0.121. The molecule has 24 heavy (non-hydrogen) atoms. The molecule has 0 aliphatic carbocycles. The summed E-state index contributed by atoms with van der Waals surface area (Å²) in [6, 6.07) is 6.06. The van der Waals surface area contributed by atoms with Crippen molar-refractivity contribution in [2.24, 2.45) is 0 Å². The summed E-state index contributed by atoms with van der Waals surface area (Å²) >= 11 is 2.34. The molecule has 0 aliphatic rings. The number of halogens is 1. The van der Waals surface area contributed by atoms with Crippen LogP contribution in [0.15, 0.2) is 29.2 Å². The third-order valence-electron chi connectivity index (χ3n) is 3.18. The Morgan fingerprint density at radius 1 is 1.42 bits per heavy atom. The lowest BCUT2D eigenvalue weighted by Gasteiger charge is -2.11. The van der Waals surface area contributed by atoms with Gasteiger partial charge in [-0.3, -0.25) is 4.79 Å². The largest absolute Gasteiger partial charge is 0.477 e. The number of benzene rings is 1. The molecule has 0 saturated heterocycles. The van der Waals surface area contributed by atoms with Crippen LogP contribution in [0.4, 0.5) is 4.39 Å². The zero-order valence-corrected chi connectivity index (χ0v) is 14.8. The van der Waals surface area contributed by atoms with E-state index in [9.17, 15) is 14.0 Å². The number of thioether (sulfide) groups is 1. The van der Waals surface area contributed by atoms with Crippen LogP contribution < -0.4 is 5.32 Å². The Hall–Kier alpha value is -1.93. The van der Waals surface area contributed by atoms with Crippen LogP contribution in [0, 0.1) is 12.7 Å². The van der Waals surface area contributed by atoms with Crippen LogP contribution in [0.5, 0.6) is 0 Å². The highest BCUT2D eigenvalue weighted by atomic mass is 32.2. The molecule has 2 N–H and O–H groups in total. The van der Waals surface area contributed by atoms with E-state index < -0.39 is 5.97 Å². The van der Waals surface area contributed by atoms with Crippen molar-refractivity contribution >= 4 is 35.0 Å². The predicted molar refractivity (Wildman–Crippen MR) is 92.1 cm³/mol. The Morgan fingerprint density at radius 3 is 2.75 bits per heavy atom. The van der Waals surface area contributed by atoms with Gasteiger partial charge in [-0.1, -0.05) is 12.1 Å². The molecule has 0 fully saturated rings. The molecule has 128 valence electrons. The molecular weight excluding hydrogens is 351 g/mol. The highest BCUT2D eigenvalue weighted by Crippen LogP contribution is 2.24.